The molecule has 6 nitrogen and oxygen atoms in total. The first-order valence-electron chi connectivity index (χ1n) is 9.19. The van der Waals surface area contributed by atoms with Crippen LogP contribution in [-0.4, -0.2) is 46.4 Å². The Labute approximate surface area is 144 Å². The highest BCUT2D eigenvalue weighted by Gasteiger charge is 2.39. The number of amides is 2. The molecule has 1 saturated heterocycles. The maximum atomic E-state index is 12.7. The van der Waals surface area contributed by atoms with Crippen molar-refractivity contribution >= 4 is 17.8 Å². The second kappa shape index (κ2) is 7.99. The molecule has 0 radical (unpaired) electrons. The molecule has 2 atom stereocenters. The lowest BCUT2D eigenvalue weighted by Gasteiger charge is -2.36. The number of hydrogen-bond acceptors (Lipinski definition) is 3. The van der Waals surface area contributed by atoms with Gasteiger partial charge in [-0.25, -0.2) is 0 Å². The minimum Gasteiger partial charge on any atom is -0.481 e. The molecule has 2 amide bonds. The van der Waals surface area contributed by atoms with Crippen molar-refractivity contribution in [2.24, 2.45) is 11.8 Å². The van der Waals surface area contributed by atoms with Gasteiger partial charge in [-0.15, -0.1) is 0 Å². The molecule has 0 aromatic rings. The highest BCUT2D eigenvalue weighted by molar-refractivity contribution is 5.83. The quantitative estimate of drug-likeness (QED) is 0.777. The predicted molar refractivity (Wildman–Crippen MR) is 90.4 cm³/mol. The molecule has 0 bridgehead atoms. The van der Waals surface area contributed by atoms with Gasteiger partial charge in [-0.1, -0.05) is 26.7 Å². The van der Waals surface area contributed by atoms with Crippen LogP contribution in [0.25, 0.3) is 0 Å². The standard InChI is InChI=1S/C18H30N2O4/c1-3-13(2)17(24)20-10-6-7-14(12-20)16(23)19-18(11-15(21)22)8-4-5-9-18/h13-14H,3-12H2,1-2H3,(H,19,23)(H,21,22). The van der Waals surface area contributed by atoms with Gasteiger partial charge in [-0.05, 0) is 32.1 Å². The fourth-order valence-corrected chi connectivity index (χ4v) is 3.93. The summed E-state index contributed by atoms with van der Waals surface area (Å²) in [6.07, 6.45) is 5.74. The molecule has 1 aliphatic carbocycles. The summed E-state index contributed by atoms with van der Waals surface area (Å²) in [4.78, 5) is 38.0. The molecule has 6 heteroatoms. The van der Waals surface area contributed by atoms with Crippen LogP contribution in [0.5, 0.6) is 0 Å². The monoisotopic (exact) mass is 338 g/mol. The van der Waals surface area contributed by atoms with E-state index in [0.717, 1.165) is 44.9 Å². The van der Waals surface area contributed by atoms with Crippen molar-refractivity contribution < 1.29 is 19.5 Å². The molecule has 0 aromatic heterocycles. The van der Waals surface area contributed by atoms with Gasteiger partial charge in [0.25, 0.3) is 0 Å². The summed E-state index contributed by atoms with van der Waals surface area (Å²) < 4.78 is 0. The van der Waals surface area contributed by atoms with Gasteiger partial charge >= 0.3 is 5.97 Å². The normalized spacial score (nSPS) is 24.4. The number of nitrogens with zero attached hydrogens (tertiary/aromatic N) is 1. The Kier molecular flexibility index (Phi) is 6.24. The molecule has 2 unspecified atom stereocenters. The Hall–Kier alpha value is -1.59. The molecule has 1 saturated carbocycles. The van der Waals surface area contributed by atoms with Crippen molar-refractivity contribution in [2.75, 3.05) is 13.1 Å². The molecule has 2 fully saturated rings. The summed E-state index contributed by atoms with van der Waals surface area (Å²) in [6, 6.07) is 0. The van der Waals surface area contributed by atoms with E-state index in [2.05, 4.69) is 5.32 Å². The Morgan fingerprint density at radius 3 is 2.50 bits per heavy atom. The van der Waals surface area contributed by atoms with Gasteiger partial charge in [0.2, 0.25) is 11.8 Å². The number of likely N-dealkylation sites (tertiary alicyclic amines) is 1. The lowest BCUT2D eigenvalue weighted by molar-refractivity contribution is -0.140. The average Bonchev–Trinajstić information content (AvgIpc) is 3.00. The summed E-state index contributed by atoms with van der Waals surface area (Å²) in [6.45, 7) is 5.09. The first-order chi connectivity index (χ1) is 11.4. The fourth-order valence-electron chi connectivity index (χ4n) is 3.93. The smallest absolute Gasteiger partial charge is 0.305 e. The Morgan fingerprint density at radius 1 is 1.25 bits per heavy atom. The Bertz CT molecular complexity index is 485. The zero-order valence-electron chi connectivity index (χ0n) is 14.8. The maximum Gasteiger partial charge on any atom is 0.305 e. The van der Waals surface area contributed by atoms with Crippen molar-refractivity contribution in [1.82, 2.24) is 10.2 Å². The SMILES string of the molecule is CCC(C)C(=O)N1CCCC(C(=O)NC2(CC(=O)O)CCCC2)C1. The van der Waals surface area contributed by atoms with Crippen LogP contribution in [0.4, 0.5) is 0 Å². The Morgan fingerprint density at radius 2 is 1.92 bits per heavy atom. The van der Waals surface area contributed by atoms with E-state index in [1.54, 1.807) is 4.90 Å². The van der Waals surface area contributed by atoms with E-state index in [-0.39, 0.29) is 30.1 Å². The summed E-state index contributed by atoms with van der Waals surface area (Å²) in [5.74, 6) is -1.07. The highest BCUT2D eigenvalue weighted by atomic mass is 16.4. The predicted octanol–water partition coefficient (Wildman–Crippen LogP) is 2.17. The van der Waals surface area contributed by atoms with Crippen LogP contribution in [0.15, 0.2) is 0 Å². The second-order valence-corrected chi connectivity index (χ2v) is 7.48. The number of rotatable bonds is 6. The topological polar surface area (TPSA) is 86.7 Å². The summed E-state index contributed by atoms with van der Waals surface area (Å²) in [7, 11) is 0. The first kappa shape index (κ1) is 18.7. The van der Waals surface area contributed by atoms with Crippen molar-refractivity contribution in [1.29, 1.82) is 0 Å². The van der Waals surface area contributed by atoms with E-state index in [1.165, 1.54) is 0 Å². The highest BCUT2D eigenvalue weighted by Crippen LogP contribution is 2.33. The molecule has 2 aliphatic rings. The Balaban J connectivity index is 1.98. The largest absolute Gasteiger partial charge is 0.481 e. The van der Waals surface area contributed by atoms with Crippen molar-refractivity contribution in [3.63, 3.8) is 0 Å². The van der Waals surface area contributed by atoms with E-state index in [0.29, 0.717) is 13.1 Å². The minimum absolute atomic E-state index is 0.0129. The molecule has 24 heavy (non-hydrogen) atoms. The molecule has 1 heterocycles. The summed E-state index contributed by atoms with van der Waals surface area (Å²) >= 11 is 0. The third-order valence-electron chi connectivity index (χ3n) is 5.58. The van der Waals surface area contributed by atoms with E-state index in [1.807, 2.05) is 13.8 Å². The molecule has 2 N–H and O–H groups in total. The van der Waals surface area contributed by atoms with Crippen LogP contribution in [0.2, 0.25) is 0 Å². The lowest BCUT2D eigenvalue weighted by Crippen LogP contribution is -2.53. The molecular formula is C18H30N2O4. The number of piperidine rings is 1. The van der Waals surface area contributed by atoms with Crippen LogP contribution in [0.1, 0.15) is 65.2 Å². The molecule has 0 aromatic carbocycles. The third-order valence-corrected chi connectivity index (χ3v) is 5.58. The van der Waals surface area contributed by atoms with E-state index in [9.17, 15) is 14.4 Å². The van der Waals surface area contributed by atoms with Crippen molar-refractivity contribution in [3.8, 4) is 0 Å². The molecular weight excluding hydrogens is 308 g/mol. The van der Waals surface area contributed by atoms with E-state index in [4.69, 9.17) is 5.11 Å². The molecule has 2 rings (SSSR count). The van der Waals surface area contributed by atoms with E-state index >= 15 is 0 Å². The minimum atomic E-state index is -0.866. The van der Waals surface area contributed by atoms with Gasteiger partial charge in [-0.3, -0.25) is 14.4 Å². The maximum absolute atomic E-state index is 12.7. The van der Waals surface area contributed by atoms with Gasteiger partial charge < -0.3 is 15.3 Å². The number of carbonyl (C=O) groups excluding carboxylic acids is 2. The van der Waals surface area contributed by atoms with Crippen LogP contribution in [0, 0.1) is 11.8 Å². The summed E-state index contributed by atoms with van der Waals surface area (Å²) in [5.41, 5.74) is -0.591. The van der Waals surface area contributed by atoms with Crippen LogP contribution in [-0.2, 0) is 14.4 Å². The molecule has 136 valence electrons. The first-order valence-corrected chi connectivity index (χ1v) is 9.19. The zero-order valence-corrected chi connectivity index (χ0v) is 14.8. The molecule has 1 aliphatic heterocycles. The number of carbonyl (C=O) groups is 3. The van der Waals surface area contributed by atoms with Crippen LogP contribution >= 0.6 is 0 Å². The van der Waals surface area contributed by atoms with Gasteiger partial charge in [0.15, 0.2) is 0 Å². The number of carboxylic acids is 1. The van der Waals surface area contributed by atoms with Gasteiger partial charge in [0.1, 0.15) is 0 Å². The average molecular weight is 338 g/mol. The van der Waals surface area contributed by atoms with Gasteiger partial charge in [0.05, 0.1) is 17.9 Å². The third kappa shape index (κ3) is 4.48. The van der Waals surface area contributed by atoms with Gasteiger partial charge in [0, 0.05) is 19.0 Å². The van der Waals surface area contributed by atoms with Gasteiger partial charge in [-0.2, -0.15) is 0 Å². The summed E-state index contributed by atoms with van der Waals surface area (Å²) in [5, 5.41) is 12.2. The fraction of sp³-hybridized carbons (Fsp3) is 0.833. The number of aliphatic carboxylic acids is 1. The zero-order chi connectivity index (χ0) is 17.7. The second-order valence-electron chi connectivity index (χ2n) is 7.48. The molecule has 0 spiro atoms. The van der Waals surface area contributed by atoms with Crippen LogP contribution < -0.4 is 5.32 Å². The number of nitrogens with one attached hydrogen (secondary N) is 1. The van der Waals surface area contributed by atoms with E-state index < -0.39 is 11.5 Å². The van der Waals surface area contributed by atoms with Crippen molar-refractivity contribution in [3.05, 3.63) is 0 Å². The van der Waals surface area contributed by atoms with Crippen LogP contribution in [0.3, 0.4) is 0 Å². The number of carboxylic acid groups (broad SMARTS) is 1. The number of hydrogen-bond donors (Lipinski definition) is 2. The lowest BCUT2D eigenvalue weighted by atomic mass is 9.90. The van der Waals surface area contributed by atoms with Crippen molar-refractivity contribution in [2.45, 2.75) is 70.8 Å².